The van der Waals surface area contributed by atoms with E-state index in [1.165, 1.54) is 0 Å². The Kier molecular flexibility index (Phi) is 4.38. The fourth-order valence-corrected chi connectivity index (χ4v) is 3.62. The van der Waals surface area contributed by atoms with E-state index in [9.17, 15) is 0 Å². The van der Waals surface area contributed by atoms with Crippen molar-refractivity contribution in [2.75, 3.05) is 6.26 Å². The third-order valence-corrected chi connectivity index (χ3v) is 5.22. The second-order valence-electron chi connectivity index (χ2n) is 6.09. The second kappa shape index (κ2) is 6.84. The van der Waals surface area contributed by atoms with Crippen molar-refractivity contribution < 1.29 is 0 Å². The molecule has 0 aliphatic rings. The number of hydrogen-bond acceptors (Lipinski definition) is 4. The normalized spacial score (nSPS) is 11.2. The summed E-state index contributed by atoms with van der Waals surface area (Å²) in [6.45, 7) is 0.687. The molecule has 26 heavy (non-hydrogen) atoms. The summed E-state index contributed by atoms with van der Waals surface area (Å²) in [5.74, 6) is 0.897. The third kappa shape index (κ3) is 2.84. The first kappa shape index (κ1) is 16.7. The van der Waals surface area contributed by atoms with E-state index >= 15 is 0 Å². The molecule has 4 aromatic rings. The van der Waals surface area contributed by atoms with Gasteiger partial charge in [0, 0.05) is 32.1 Å². The van der Waals surface area contributed by atoms with Gasteiger partial charge in [0.05, 0.1) is 30.5 Å². The molecular weight excluding hydrogens is 344 g/mol. The third-order valence-electron chi connectivity index (χ3n) is 4.47. The molecule has 4 rings (SSSR count). The molecule has 0 N–H and O–H groups in total. The highest BCUT2D eigenvalue weighted by atomic mass is 32.2. The second-order valence-corrected chi connectivity index (χ2v) is 6.87. The van der Waals surface area contributed by atoms with Crippen molar-refractivity contribution in [3.8, 4) is 22.8 Å². The summed E-state index contributed by atoms with van der Waals surface area (Å²) in [5.41, 5.74) is 4.16. The number of hydrogen-bond donors (Lipinski definition) is 0. The fraction of sp³-hybridized carbons (Fsp3) is 0.211. The van der Waals surface area contributed by atoms with Gasteiger partial charge in [-0.05, 0) is 6.26 Å². The molecule has 3 heterocycles. The summed E-state index contributed by atoms with van der Waals surface area (Å²) in [5, 5.41) is 1.00. The van der Waals surface area contributed by atoms with Crippen molar-refractivity contribution in [2.24, 2.45) is 14.1 Å². The molecule has 0 radical (unpaired) electrons. The molecule has 0 bridgehead atoms. The van der Waals surface area contributed by atoms with Crippen LogP contribution in [-0.4, -0.2) is 34.9 Å². The van der Waals surface area contributed by atoms with Crippen LogP contribution in [0.3, 0.4) is 0 Å². The Balaban J connectivity index is 1.84. The minimum absolute atomic E-state index is 0.687. The molecule has 132 valence electrons. The van der Waals surface area contributed by atoms with Gasteiger partial charge in [-0.2, -0.15) is 0 Å². The highest BCUT2D eigenvalue weighted by molar-refractivity contribution is 7.98. The molecule has 7 heteroatoms. The van der Waals surface area contributed by atoms with E-state index in [0.717, 1.165) is 33.6 Å². The first-order chi connectivity index (χ1) is 12.7. The molecule has 3 aromatic heterocycles. The van der Waals surface area contributed by atoms with Crippen LogP contribution in [0, 0.1) is 0 Å². The van der Waals surface area contributed by atoms with E-state index in [-0.39, 0.29) is 0 Å². The average molecular weight is 364 g/mol. The minimum Gasteiger partial charge on any atom is -0.333 e. The maximum Gasteiger partial charge on any atom is 0.167 e. The lowest BCUT2D eigenvalue weighted by Gasteiger charge is -2.11. The van der Waals surface area contributed by atoms with Crippen LogP contribution in [0.25, 0.3) is 22.8 Å². The standard InChI is InChI=1S/C19H20N6S/c1-23-10-9-20-18(23)17-16(14-7-5-4-6-8-14)22-13-25(17)12-15-11-21-19(26-3)24(15)2/h4-11,13H,12H2,1-3H3. The summed E-state index contributed by atoms with van der Waals surface area (Å²) in [4.78, 5) is 13.8. The Hall–Kier alpha value is -2.80. The number of aryl methyl sites for hydroxylation is 1. The van der Waals surface area contributed by atoms with E-state index in [2.05, 4.69) is 31.2 Å². The smallest absolute Gasteiger partial charge is 0.167 e. The Morgan fingerprint density at radius 2 is 1.85 bits per heavy atom. The Labute approximate surface area is 156 Å². The summed E-state index contributed by atoms with van der Waals surface area (Å²) in [6, 6.07) is 10.2. The van der Waals surface area contributed by atoms with Gasteiger partial charge in [-0.1, -0.05) is 42.1 Å². The van der Waals surface area contributed by atoms with Gasteiger partial charge in [-0.3, -0.25) is 0 Å². The number of benzene rings is 1. The van der Waals surface area contributed by atoms with Crippen molar-refractivity contribution in [1.29, 1.82) is 0 Å². The van der Waals surface area contributed by atoms with Gasteiger partial charge in [-0.15, -0.1) is 0 Å². The molecule has 1 aromatic carbocycles. The van der Waals surface area contributed by atoms with Gasteiger partial charge in [0.2, 0.25) is 0 Å². The molecule has 0 aliphatic carbocycles. The molecule has 0 saturated heterocycles. The molecule has 0 saturated carbocycles. The molecule has 0 fully saturated rings. The van der Waals surface area contributed by atoms with Crippen LogP contribution in [0.2, 0.25) is 0 Å². The molecule has 0 unspecified atom stereocenters. The first-order valence-corrected chi connectivity index (χ1v) is 9.54. The van der Waals surface area contributed by atoms with Crippen LogP contribution in [0.4, 0.5) is 0 Å². The molecule has 6 nitrogen and oxygen atoms in total. The lowest BCUT2D eigenvalue weighted by molar-refractivity contribution is 0.686. The number of imidazole rings is 3. The largest absolute Gasteiger partial charge is 0.333 e. The highest BCUT2D eigenvalue weighted by Gasteiger charge is 2.19. The molecular formula is C19H20N6S. The zero-order valence-corrected chi connectivity index (χ0v) is 15.8. The molecule has 0 spiro atoms. The van der Waals surface area contributed by atoms with Crippen LogP contribution in [-0.2, 0) is 20.6 Å². The van der Waals surface area contributed by atoms with Crippen LogP contribution < -0.4 is 0 Å². The Morgan fingerprint density at radius 1 is 1.04 bits per heavy atom. The summed E-state index contributed by atoms with van der Waals surface area (Å²) < 4.78 is 6.29. The zero-order chi connectivity index (χ0) is 18.1. The summed E-state index contributed by atoms with van der Waals surface area (Å²) >= 11 is 1.64. The van der Waals surface area contributed by atoms with E-state index in [4.69, 9.17) is 4.98 Å². The van der Waals surface area contributed by atoms with Crippen LogP contribution in [0.5, 0.6) is 0 Å². The van der Waals surface area contributed by atoms with Gasteiger partial charge >= 0.3 is 0 Å². The number of rotatable bonds is 5. The monoisotopic (exact) mass is 364 g/mol. The lowest BCUT2D eigenvalue weighted by atomic mass is 10.1. The molecule has 0 aliphatic heterocycles. The van der Waals surface area contributed by atoms with Crippen LogP contribution >= 0.6 is 11.8 Å². The Morgan fingerprint density at radius 3 is 2.50 bits per heavy atom. The fourth-order valence-electron chi connectivity index (χ4n) is 3.07. The minimum atomic E-state index is 0.687. The predicted molar refractivity (Wildman–Crippen MR) is 104 cm³/mol. The van der Waals surface area contributed by atoms with Crippen molar-refractivity contribution in [2.45, 2.75) is 11.7 Å². The van der Waals surface area contributed by atoms with Crippen molar-refractivity contribution in [3.05, 3.63) is 60.9 Å². The van der Waals surface area contributed by atoms with Crippen molar-refractivity contribution >= 4 is 11.8 Å². The van der Waals surface area contributed by atoms with Gasteiger partial charge in [0.1, 0.15) is 5.69 Å². The van der Waals surface area contributed by atoms with Gasteiger partial charge in [0.15, 0.2) is 11.0 Å². The SMILES string of the molecule is CSc1ncc(Cn2cnc(-c3ccccc3)c2-c2nccn2C)n1C. The summed E-state index contributed by atoms with van der Waals surface area (Å²) in [6.07, 6.45) is 9.62. The van der Waals surface area contributed by atoms with Crippen molar-refractivity contribution in [3.63, 3.8) is 0 Å². The van der Waals surface area contributed by atoms with Crippen molar-refractivity contribution in [1.82, 2.24) is 28.7 Å². The van der Waals surface area contributed by atoms with E-state index in [1.54, 1.807) is 11.8 Å². The number of thioether (sulfide) groups is 1. The average Bonchev–Trinajstić information content (AvgIpc) is 3.35. The van der Waals surface area contributed by atoms with Gasteiger partial charge in [-0.25, -0.2) is 15.0 Å². The van der Waals surface area contributed by atoms with Gasteiger partial charge in [0.25, 0.3) is 0 Å². The highest BCUT2D eigenvalue weighted by Crippen LogP contribution is 2.30. The maximum atomic E-state index is 4.71. The zero-order valence-electron chi connectivity index (χ0n) is 15.0. The maximum absolute atomic E-state index is 4.71. The Bertz CT molecular complexity index is 1030. The molecule has 0 atom stereocenters. The van der Waals surface area contributed by atoms with Crippen LogP contribution in [0.15, 0.2) is 60.4 Å². The van der Waals surface area contributed by atoms with E-state index in [1.807, 2.05) is 68.0 Å². The summed E-state index contributed by atoms with van der Waals surface area (Å²) in [7, 11) is 4.05. The number of aromatic nitrogens is 6. The predicted octanol–water partition coefficient (Wildman–Crippen LogP) is 3.45. The number of nitrogens with zero attached hydrogens (tertiary/aromatic N) is 6. The van der Waals surface area contributed by atoms with E-state index < -0.39 is 0 Å². The first-order valence-electron chi connectivity index (χ1n) is 8.32. The van der Waals surface area contributed by atoms with Gasteiger partial charge < -0.3 is 13.7 Å². The van der Waals surface area contributed by atoms with Crippen LogP contribution in [0.1, 0.15) is 5.69 Å². The van der Waals surface area contributed by atoms with E-state index in [0.29, 0.717) is 6.54 Å². The topological polar surface area (TPSA) is 53.5 Å². The quantitative estimate of drug-likeness (QED) is 0.509. The molecule has 0 amide bonds. The lowest BCUT2D eigenvalue weighted by Crippen LogP contribution is -2.07.